The zero-order chi connectivity index (χ0) is 11.7. The fourth-order valence-corrected chi connectivity index (χ4v) is 3.61. The molecule has 2 rings (SSSR count). The third-order valence-corrected chi connectivity index (χ3v) is 4.44. The fraction of sp³-hybridized carbons (Fsp3) is 0.364. The number of anilines is 1. The lowest BCUT2D eigenvalue weighted by molar-refractivity contribution is 0.879. The van der Waals surface area contributed by atoms with Gasteiger partial charge in [-0.1, -0.05) is 11.6 Å². The molecule has 1 unspecified atom stereocenters. The summed E-state index contributed by atoms with van der Waals surface area (Å²) in [5.41, 5.74) is 1.34. The van der Waals surface area contributed by atoms with Gasteiger partial charge in [0.25, 0.3) is 0 Å². The molecule has 0 bridgehead atoms. The summed E-state index contributed by atoms with van der Waals surface area (Å²) in [6.07, 6.45) is 0. The summed E-state index contributed by atoms with van der Waals surface area (Å²) in [5.74, 6) is 0. The van der Waals surface area contributed by atoms with Crippen LogP contribution in [-0.4, -0.2) is 4.98 Å². The lowest BCUT2D eigenvalue weighted by atomic mass is 10.1. The van der Waals surface area contributed by atoms with Crippen molar-refractivity contribution in [2.45, 2.75) is 26.8 Å². The summed E-state index contributed by atoms with van der Waals surface area (Å²) in [7, 11) is 0. The van der Waals surface area contributed by atoms with Crippen LogP contribution in [-0.2, 0) is 0 Å². The summed E-state index contributed by atoms with van der Waals surface area (Å²) in [6.45, 7) is 6.43. The van der Waals surface area contributed by atoms with Gasteiger partial charge in [-0.15, -0.1) is 22.7 Å². The van der Waals surface area contributed by atoms with Crippen molar-refractivity contribution >= 4 is 39.4 Å². The second-order valence-electron chi connectivity index (χ2n) is 3.71. The quantitative estimate of drug-likeness (QED) is 0.880. The highest BCUT2D eigenvalue weighted by Crippen LogP contribution is 2.29. The Morgan fingerprint density at radius 3 is 2.69 bits per heavy atom. The third-order valence-electron chi connectivity index (χ3n) is 2.36. The molecular formula is C11H13ClN2S2. The van der Waals surface area contributed by atoms with Crippen LogP contribution in [0.15, 0.2) is 11.4 Å². The highest BCUT2D eigenvalue weighted by molar-refractivity contribution is 7.14. The van der Waals surface area contributed by atoms with Gasteiger partial charge in [0.15, 0.2) is 5.13 Å². The Kier molecular flexibility index (Phi) is 3.52. The minimum Gasteiger partial charge on any atom is -0.355 e. The highest BCUT2D eigenvalue weighted by Gasteiger charge is 2.12. The van der Waals surface area contributed by atoms with Crippen LogP contribution in [0, 0.1) is 13.8 Å². The smallest absolute Gasteiger partial charge is 0.184 e. The summed E-state index contributed by atoms with van der Waals surface area (Å²) in [4.78, 5) is 6.90. The monoisotopic (exact) mass is 272 g/mol. The average Bonchev–Trinajstić information content (AvgIpc) is 2.73. The predicted molar refractivity (Wildman–Crippen MR) is 73.0 cm³/mol. The van der Waals surface area contributed by atoms with Gasteiger partial charge in [-0.2, -0.15) is 0 Å². The van der Waals surface area contributed by atoms with Gasteiger partial charge >= 0.3 is 0 Å². The van der Waals surface area contributed by atoms with Crippen LogP contribution < -0.4 is 5.32 Å². The molecule has 0 saturated heterocycles. The van der Waals surface area contributed by atoms with E-state index in [0.717, 1.165) is 5.13 Å². The number of thiazole rings is 1. The van der Waals surface area contributed by atoms with Crippen LogP contribution in [0.4, 0.5) is 5.13 Å². The van der Waals surface area contributed by atoms with Crippen LogP contribution in [0.25, 0.3) is 0 Å². The van der Waals surface area contributed by atoms with Crippen molar-refractivity contribution in [2.75, 3.05) is 5.32 Å². The minimum atomic E-state index is 0.271. The molecule has 0 aliphatic carbocycles. The van der Waals surface area contributed by atoms with Crippen molar-refractivity contribution in [2.24, 2.45) is 0 Å². The zero-order valence-electron chi connectivity index (χ0n) is 9.37. The Morgan fingerprint density at radius 1 is 1.44 bits per heavy atom. The Morgan fingerprint density at radius 2 is 2.19 bits per heavy atom. The molecule has 5 heteroatoms. The van der Waals surface area contributed by atoms with Crippen LogP contribution in [0.5, 0.6) is 0 Å². The lowest BCUT2D eigenvalue weighted by Crippen LogP contribution is -2.06. The van der Waals surface area contributed by atoms with Gasteiger partial charge in [-0.25, -0.2) is 4.98 Å². The van der Waals surface area contributed by atoms with E-state index in [2.05, 4.69) is 37.1 Å². The molecule has 2 heterocycles. The van der Waals surface area contributed by atoms with Gasteiger partial charge in [0, 0.05) is 15.1 Å². The summed E-state index contributed by atoms with van der Waals surface area (Å²) in [5, 5.41) is 6.63. The highest BCUT2D eigenvalue weighted by atomic mass is 35.5. The molecule has 0 radical (unpaired) electrons. The number of nitrogens with one attached hydrogen (secondary N) is 1. The molecule has 1 N–H and O–H groups in total. The van der Waals surface area contributed by atoms with E-state index in [-0.39, 0.29) is 6.04 Å². The molecule has 0 fully saturated rings. The van der Waals surface area contributed by atoms with Crippen molar-refractivity contribution in [3.05, 3.63) is 31.9 Å². The van der Waals surface area contributed by atoms with Gasteiger partial charge < -0.3 is 5.32 Å². The van der Waals surface area contributed by atoms with Crippen molar-refractivity contribution in [1.82, 2.24) is 4.98 Å². The Bertz CT molecular complexity index is 490. The molecule has 0 amide bonds. The normalized spacial score (nSPS) is 12.8. The van der Waals surface area contributed by atoms with Crippen molar-refractivity contribution in [3.63, 3.8) is 0 Å². The summed E-state index contributed by atoms with van der Waals surface area (Å²) < 4.78 is 0. The molecule has 0 aromatic carbocycles. The van der Waals surface area contributed by atoms with Crippen molar-refractivity contribution in [1.29, 1.82) is 0 Å². The largest absolute Gasteiger partial charge is 0.355 e. The van der Waals surface area contributed by atoms with Crippen LogP contribution in [0.1, 0.15) is 28.3 Å². The summed E-state index contributed by atoms with van der Waals surface area (Å²) >= 11 is 9.15. The van der Waals surface area contributed by atoms with Crippen molar-refractivity contribution < 1.29 is 0 Å². The van der Waals surface area contributed by atoms with Gasteiger partial charge in [-0.05, 0) is 32.4 Å². The zero-order valence-corrected chi connectivity index (χ0v) is 11.8. The number of aryl methyl sites for hydroxylation is 2. The Balaban J connectivity index is 2.14. The first-order valence-electron chi connectivity index (χ1n) is 5.00. The molecule has 2 aromatic heterocycles. The fourth-order valence-electron chi connectivity index (χ4n) is 1.66. The number of hydrogen-bond donors (Lipinski definition) is 1. The molecular weight excluding hydrogens is 260 g/mol. The lowest BCUT2D eigenvalue weighted by Gasteiger charge is -2.12. The molecule has 0 saturated carbocycles. The topological polar surface area (TPSA) is 24.9 Å². The van der Waals surface area contributed by atoms with E-state index in [9.17, 15) is 0 Å². The molecule has 0 aliphatic heterocycles. The number of rotatable bonds is 3. The third kappa shape index (κ3) is 2.56. The van der Waals surface area contributed by atoms with Crippen LogP contribution >= 0.6 is 34.3 Å². The maximum Gasteiger partial charge on any atom is 0.184 e. The first-order valence-corrected chi connectivity index (χ1v) is 7.08. The maximum atomic E-state index is 5.79. The summed E-state index contributed by atoms with van der Waals surface area (Å²) in [6, 6.07) is 2.50. The molecule has 0 aliphatic rings. The second kappa shape index (κ2) is 4.73. The molecule has 16 heavy (non-hydrogen) atoms. The standard InChI is InChI=1S/C11H13ClN2S2/c1-6-4-9(8(3)16-6)7(2)13-11-14-10(12)5-15-11/h4-5,7H,1-3H3,(H,13,14). The van der Waals surface area contributed by atoms with E-state index in [0.29, 0.717) is 5.15 Å². The van der Waals surface area contributed by atoms with Gasteiger partial charge in [0.05, 0.1) is 6.04 Å². The van der Waals surface area contributed by atoms with E-state index >= 15 is 0 Å². The SMILES string of the molecule is Cc1cc(C(C)Nc2nc(Cl)cs2)c(C)s1. The van der Waals surface area contributed by atoms with E-state index < -0.39 is 0 Å². The van der Waals surface area contributed by atoms with Gasteiger partial charge in [-0.3, -0.25) is 0 Å². The molecule has 86 valence electrons. The number of aromatic nitrogens is 1. The number of halogens is 1. The first kappa shape index (κ1) is 11.9. The molecule has 2 nitrogen and oxygen atoms in total. The minimum absolute atomic E-state index is 0.271. The van der Waals surface area contributed by atoms with E-state index in [4.69, 9.17) is 11.6 Å². The average molecular weight is 273 g/mol. The second-order valence-corrected chi connectivity index (χ2v) is 6.42. The first-order chi connectivity index (χ1) is 7.56. The van der Waals surface area contributed by atoms with Crippen LogP contribution in [0.2, 0.25) is 5.15 Å². The van der Waals surface area contributed by atoms with Crippen molar-refractivity contribution in [3.8, 4) is 0 Å². The molecule has 2 aromatic rings. The van der Waals surface area contributed by atoms with Gasteiger partial charge in [0.2, 0.25) is 0 Å². The van der Waals surface area contributed by atoms with Gasteiger partial charge in [0.1, 0.15) is 5.15 Å². The Labute approximate surface area is 108 Å². The van der Waals surface area contributed by atoms with E-state index in [1.165, 1.54) is 26.7 Å². The number of thiophene rings is 1. The van der Waals surface area contributed by atoms with E-state index in [1.807, 2.05) is 16.7 Å². The molecule has 1 atom stereocenters. The van der Waals surface area contributed by atoms with Crippen LogP contribution in [0.3, 0.4) is 0 Å². The predicted octanol–water partition coefficient (Wildman–Crippen LogP) is 4.65. The van der Waals surface area contributed by atoms with E-state index in [1.54, 1.807) is 0 Å². The number of nitrogens with zero attached hydrogens (tertiary/aromatic N) is 1. The number of hydrogen-bond acceptors (Lipinski definition) is 4. The maximum absolute atomic E-state index is 5.79. The Hall–Kier alpha value is -0.580. The molecule has 0 spiro atoms.